The molecule has 9 nitrogen and oxygen atoms in total. The predicted molar refractivity (Wildman–Crippen MR) is 119 cm³/mol. The second-order valence-corrected chi connectivity index (χ2v) is 7.24. The van der Waals surface area contributed by atoms with Crippen molar-refractivity contribution in [2.75, 3.05) is 11.4 Å². The molecule has 170 valence electrons. The molecule has 0 saturated heterocycles. The van der Waals surface area contributed by atoms with Crippen molar-refractivity contribution in [2.24, 2.45) is 5.73 Å². The Kier molecular flexibility index (Phi) is 8.91. The molecule has 0 bridgehead atoms. The van der Waals surface area contributed by atoms with Crippen LogP contribution in [0.1, 0.15) is 42.1 Å². The fourth-order valence-corrected chi connectivity index (χ4v) is 3.16. The molecule has 9 heteroatoms. The highest BCUT2D eigenvalue weighted by atomic mass is 16.4. The van der Waals surface area contributed by atoms with Crippen LogP contribution in [0.2, 0.25) is 0 Å². The molecule has 0 fully saturated rings. The number of carboxylic acids is 2. The van der Waals surface area contributed by atoms with Gasteiger partial charge in [0.15, 0.2) is 0 Å². The predicted octanol–water partition coefficient (Wildman–Crippen LogP) is 2.31. The number of carbonyl (C=O) groups is 4. The van der Waals surface area contributed by atoms with E-state index < -0.39 is 23.9 Å². The number of anilines is 2. The number of hydrogen-bond acceptors (Lipinski definition) is 5. The van der Waals surface area contributed by atoms with Gasteiger partial charge in [-0.15, -0.1) is 0 Å². The smallest absolute Gasteiger partial charge is 0.395 e. The Balaban J connectivity index is 2.22. The van der Waals surface area contributed by atoms with Gasteiger partial charge >= 0.3 is 17.8 Å². The van der Waals surface area contributed by atoms with Gasteiger partial charge in [0.2, 0.25) is 5.91 Å². The lowest BCUT2D eigenvalue weighted by molar-refractivity contribution is -0.148. The number of para-hydroxylation sites is 1. The van der Waals surface area contributed by atoms with Crippen LogP contribution in [0.15, 0.2) is 48.5 Å². The summed E-state index contributed by atoms with van der Waals surface area (Å²) in [7, 11) is 0. The van der Waals surface area contributed by atoms with Crippen molar-refractivity contribution >= 4 is 35.1 Å². The normalized spacial score (nSPS) is 11.4. The maximum Gasteiger partial charge on any atom is 0.395 e. The van der Waals surface area contributed by atoms with E-state index in [0.29, 0.717) is 12.1 Å². The van der Waals surface area contributed by atoms with Crippen LogP contribution in [-0.2, 0) is 20.8 Å². The van der Waals surface area contributed by atoms with Crippen molar-refractivity contribution in [3.63, 3.8) is 0 Å². The molecule has 0 saturated carbocycles. The lowest BCUT2D eigenvalue weighted by atomic mass is 10.0. The zero-order chi connectivity index (χ0) is 23.7. The second-order valence-electron chi connectivity index (χ2n) is 7.24. The lowest BCUT2D eigenvalue weighted by Crippen LogP contribution is -2.42. The molecule has 0 aliphatic rings. The van der Waals surface area contributed by atoms with E-state index in [1.807, 2.05) is 0 Å². The molecule has 32 heavy (non-hydrogen) atoms. The Bertz CT molecular complexity index is 974. The Morgan fingerprint density at radius 2 is 1.66 bits per heavy atom. The number of carboxylic acid groups (broad SMARTS) is 2. The lowest BCUT2D eigenvalue weighted by Gasteiger charge is -2.23. The number of benzene rings is 2. The first-order valence-electron chi connectivity index (χ1n) is 10.3. The maximum atomic E-state index is 12.4. The summed E-state index contributed by atoms with van der Waals surface area (Å²) in [4.78, 5) is 48.3. The molecule has 1 unspecified atom stereocenters. The van der Waals surface area contributed by atoms with Crippen LogP contribution in [0.5, 0.6) is 0 Å². The minimum Gasteiger partial charge on any atom is -0.478 e. The molecular formula is C23H27N3O6. The molecule has 0 heterocycles. The minimum absolute atomic E-state index is 0.0664. The van der Waals surface area contributed by atoms with Crippen molar-refractivity contribution in [3.05, 3.63) is 59.7 Å². The number of carbonyl (C=O) groups excluding carboxylic acids is 2. The van der Waals surface area contributed by atoms with Gasteiger partial charge in [0.05, 0.1) is 17.3 Å². The molecule has 2 rings (SSSR count). The van der Waals surface area contributed by atoms with Gasteiger partial charge in [-0.1, -0.05) is 44.0 Å². The summed E-state index contributed by atoms with van der Waals surface area (Å²) in [5.41, 5.74) is 6.57. The first kappa shape index (κ1) is 24.5. The summed E-state index contributed by atoms with van der Waals surface area (Å²) < 4.78 is 0. The van der Waals surface area contributed by atoms with Crippen molar-refractivity contribution < 1.29 is 29.4 Å². The average Bonchev–Trinajstić information content (AvgIpc) is 2.78. The highest BCUT2D eigenvalue weighted by Gasteiger charge is 2.28. The van der Waals surface area contributed by atoms with Gasteiger partial charge in [-0.05, 0) is 42.7 Å². The summed E-state index contributed by atoms with van der Waals surface area (Å²) in [5, 5.41) is 21.5. The van der Waals surface area contributed by atoms with E-state index in [9.17, 15) is 29.4 Å². The van der Waals surface area contributed by atoms with Gasteiger partial charge in [-0.3, -0.25) is 14.5 Å². The summed E-state index contributed by atoms with van der Waals surface area (Å²) in [6.45, 7) is 2.64. The molecule has 1 atom stereocenters. The zero-order valence-corrected chi connectivity index (χ0v) is 17.8. The van der Waals surface area contributed by atoms with Crippen molar-refractivity contribution in [2.45, 2.75) is 38.6 Å². The van der Waals surface area contributed by atoms with Gasteiger partial charge in [-0.25, -0.2) is 9.59 Å². The molecule has 0 spiro atoms. The SMILES string of the molecule is CCCCCNC(=O)C(N)Cc1ccc(N(C(=O)C(=O)O)c2ccccc2C(=O)O)cc1. The number of nitrogens with zero attached hydrogens (tertiary/aromatic N) is 1. The maximum absolute atomic E-state index is 12.4. The van der Waals surface area contributed by atoms with Crippen LogP contribution in [-0.4, -0.2) is 46.6 Å². The van der Waals surface area contributed by atoms with Crippen LogP contribution < -0.4 is 16.0 Å². The standard InChI is InChI=1S/C23H27N3O6/c1-2-3-6-13-25-20(27)18(24)14-15-9-11-16(12-10-15)26(21(28)23(31)32)19-8-5-4-7-17(19)22(29)30/h4-5,7-12,18H,2-3,6,13-14,24H2,1H3,(H,25,27)(H,29,30)(H,31,32). The number of amides is 2. The van der Waals surface area contributed by atoms with Crippen LogP contribution in [0, 0.1) is 0 Å². The molecule has 0 aliphatic heterocycles. The number of aliphatic carboxylic acids is 1. The first-order valence-corrected chi connectivity index (χ1v) is 10.3. The second kappa shape index (κ2) is 11.6. The van der Waals surface area contributed by atoms with E-state index in [-0.39, 0.29) is 29.3 Å². The Hall–Kier alpha value is -3.72. The van der Waals surface area contributed by atoms with Crippen molar-refractivity contribution in [1.82, 2.24) is 5.32 Å². The van der Waals surface area contributed by atoms with E-state index in [1.54, 1.807) is 12.1 Å². The quantitative estimate of drug-likeness (QED) is 0.326. The molecule has 2 aromatic carbocycles. The molecule has 0 aromatic heterocycles. The first-order chi connectivity index (χ1) is 15.3. The topological polar surface area (TPSA) is 150 Å². The van der Waals surface area contributed by atoms with Gasteiger partial charge in [0.25, 0.3) is 0 Å². The number of nitrogens with two attached hydrogens (primary N) is 1. The molecule has 0 radical (unpaired) electrons. The van der Waals surface area contributed by atoms with E-state index in [1.165, 1.54) is 36.4 Å². The van der Waals surface area contributed by atoms with Gasteiger partial charge in [-0.2, -0.15) is 0 Å². The Labute approximate surface area is 185 Å². The zero-order valence-electron chi connectivity index (χ0n) is 17.8. The molecule has 0 aliphatic carbocycles. The third kappa shape index (κ3) is 6.39. The Morgan fingerprint density at radius 1 is 1.00 bits per heavy atom. The fourth-order valence-electron chi connectivity index (χ4n) is 3.16. The molecular weight excluding hydrogens is 414 g/mol. The number of unbranched alkanes of at least 4 members (excludes halogenated alkanes) is 2. The van der Waals surface area contributed by atoms with Crippen LogP contribution in [0.25, 0.3) is 0 Å². The van der Waals surface area contributed by atoms with Crippen molar-refractivity contribution in [3.8, 4) is 0 Å². The van der Waals surface area contributed by atoms with Crippen molar-refractivity contribution in [1.29, 1.82) is 0 Å². The number of aromatic carboxylic acids is 1. The summed E-state index contributed by atoms with van der Waals surface area (Å²) >= 11 is 0. The van der Waals surface area contributed by atoms with E-state index in [0.717, 1.165) is 24.2 Å². The molecule has 5 N–H and O–H groups in total. The molecule has 2 amide bonds. The number of rotatable bonds is 10. The minimum atomic E-state index is -1.73. The molecule has 2 aromatic rings. The Morgan fingerprint density at radius 3 is 2.25 bits per heavy atom. The monoisotopic (exact) mass is 441 g/mol. The van der Waals surface area contributed by atoms with Gasteiger partial charge in [0, 0.05) is 12.2 Å². The van der Waals surface area contributed by atoms with Crippen LogP contribution in [0.4, 0.5) is 11.4 Å². The van der Waals surface area contributed by atoms with Crippen LogP contribution in [0.3, 0.4) is 0 Å². The van der Waals surface area contributed by atoms with Gasteiger partial charge < -0.3 is 21.3 Å². The highest BCUT2D eigenvalue weighted by Crippen LogP contribution is 2.29. The highest BCUT2D eigenvalue weighted by molar-refractivity contribution is 6.39. The number of hydrogen-bond donors (Lipinski definition) is 4. The number of nitrogens with one attached hydrogen (secondary N) is 1. The largest absolute Gasteiger partial charge is 0.478 e. The summed E-state index contributed by atoms with van der Waals surface area (Å²) in [6.07, 6.45) is 3.20. The van der Waals surface area contributed by atoms with Gasteiger partial charge in [0.1, 0.15) is 0 Å². The summed E-state index contributed by atoms with van der Waals surface area (Å²) in [6, 6.07) is 11.1. The van der Waals surface area contributed by atoms with E-state index in [4.69, 9.17) is 5.73 Å². The summed E-state index contributed by atoms with van der Waals surface area (Å²) in [5.74, 6) is -4.58. The van der Waals surface area contributed by atoms with E-state index >= 15 is 0 Å². The fraction of sp³-hybridized carbons (Fsp3) is 0.304. The van der Waals surface area contributed by atoms with Crippen LogP contribution >= 0.6 is 0 Å². The third-order valence-electron chi connectivity index (χ3n) is 4.83. The van der Waals surface area contributed by atoms with E-state index in [2.05, 4.69) is 12.2 Å². The average molecular weight is 441 g/mol. The third-order valence-corrected chi connectivity index (χ3v) is 4.83.